The number of carbonyl (C=O) groups excluding carboxylic acids is 1. The maximum Gasteiger partial charge on any atom is 0.213 e. The minimum absolute atomic E-state index is 0.455. The van der Waals surface area contributed by atoms with Crippen molar-refractivity contribution in [1.82, 2.24) is 4.90 Å². The standard InChI is InChI=1S/C10H20NO/c1-9(2)7-11(5-6-12)8-10(3)4/h9-10H,5,7-8H2,1-4H3. The molecule has 0 amide bonds. The van der Waals surface area contributed by atoms with Crippen LogP contribution in [0.5, 0.6) is 0 Å². The Morgan fingerprint density at radius 2 is 1.50 bits per heavy atom. The van der Waals surface area contributed by atoms with E-state index in [0.717, 1.165) is 13.1 Å². The predicted octanol–water partition coefficient (Wildman–Crippen LogP) is 1.71. The Bertz CT molecular complexity index is 111. The fourth-order valence-electron chi connectivity index (χ4n) is 1.33. The van der Waals surface area contributed by atoms with Gasteiger partial charge in [0.1, 0.15) is 0 Å². The fourth-order valence-corrected chi connectivity index (χ4v) is 1.33. The van der Waals surface area contributed by atoms with Gasteiger partial charge in [-0.25, -0.2) is 0 Å². The van der Waals surface area contributed by atoms with Gasteiger partial charge in [-0.1, -0.05) is 27.7 Å². The van der Waals surface area contributed by atoms with Crippen molar-refractivity contribution in [1.29, 1.82) is 0 Å². The van der Waals surface area contributed by atoms with E-state index in [0.29, 0.717) is 18.4 Å². The lowest BCUT2D eigenvalue weighted by atomic mass is 10.1. The van der Waals surface area contributed by atoms with Crippen molar-refractivity contribution in [2.45, 2.75) is 27.7 Å². The molecule has 0 saturated heterocycles. The molecule has 12 heavy (non-hydrogen) atoms. The van der Waals surface area contributed by atoms with Gasteiger partial charge in [0.2, 0.25) is 6.29 Å². The molecule has 0 atom stereocenters. The Labute approximate surface area is 75.9 Å². The SMILES string of the molecule is CC(C)CN(C[C]=O)CC(C)C. The zero-order valence-electron chi connectivity index (χ0n) is 8.63. The molecule has 0 aromatic rings. The molecule has 0 saturated carbocycles. The van der Waals surface area contributed by atoms with Crippen molar-refractivity contribution in [3.63, 3.8) is 0 Å². The molecular weight excluding hydrogens is 150 g/mol. The molecule has 0 N–H and O–H groups in total. The van der Waals surface area contributed by atoms with Crippen LogP contribution in [0.25, 0.3) is 0 Å². The highest BCUT2D eigenvalue weighted by atomic mass is 16.1. The molecule has 0 aliphatic carbocycles. The van der Waals surface area contributed by atoms with E-state index >= 15 is 0 Å². The number of hydrogen-bond acceptors (Lipinski definition) is 2. The molecule has 0 aliphatic rings. The van der Waals surface area contributed by atoms with E-state index in [1.54, 1.807) is 0 Å². The number of hydrogen-bond donors (Lipinski definition) is 0. The molecular formula is C10H20NO. The first-order valence-electron chi connectivity index (χ1n) is 4.63. The topological polar surface area (TPSA) is 20.3 Å². The summed E-state index contributed by atoms with van der Waals surface area (Å²) in [5.41, 5.74) is 0. The first kappa shape index (κ1) is 11.6. The quantitative estimate of drug-likeness (QED) is 0.605. The number of nitrogens with zero attached hydrogens (tertiary/aromatic N) is 1. The van der Waals surface area contributed by atoms with Crippen molar-refractivity contribution in [3.05, 3.63) is 0 Å². The lowest BCUT2D eigenvalue weighted by Gasteiger charge is -2.23. The maximum atomic E-state index is 10.2. The van der Waals surface area contributed by atoms with Crippen LogP contribution >= 0.6 is 0 Å². The molecule has 0 heterocycles. The third kappa shape index (κ3) is 6.35. The highest BCUT2D eigenvalue weighted by Crippen LogP contribution is 2.02. The summed E-state index contributed by atoms with van der Waals surface area (Å²) in [6, 6.07) is 0. The molecule has 0 spiro atoms. The minimum Gasteiger partial charge on any atom is -0.295 e. The average molecular weight is 170 g/mol. The highest BCUT2D eigenvalue weighted by molar-refractivity contribution is 5.52. The Kier molecular flexibility index (Phi) is 5.99. The zero-order chi connectivity index (χ0) is 9.56. The molecule has 1 radical (unpaired) electrons. The molecule has 0 fully saturated rings. The summed E-state index contributed by atoms with van der Waals surface area (Å²) in [4.78, 5) is 12.4. The lowest BCUT2D eigenvalue weighted by Crippen LogP contribution is -2.32. The Balaban J connectivity index is 3.77. The van der Waals surface area contributed by atoms with E-state index in [1.807, 2.05) is 6.29 Å². The van der Waals surface area contributed by atoms with Crippen LogP contribution in [0.4, 0.5) is 0 Å². The van der Waals surface area contributed by atoms with Crippen molar-refractivity contribution < 1.29 is 4.79 Å². The van der Waals surface area contributed by atoms with Gasteiger partial charge in [0.25, 0.3) is 0 Å². The summed E-state index contributed by atoms with van der Waals surface area (Å²) in [5, 5.41) is 0. The summed E-state index contributed by atoms with van der Waals surface area (Å²) in [6.07, 6.45) is 1.95. The predicted molar refractivity (Wildman–Crippen MR) is 51.8 cm³/mol. The molecule has 0 rings (SSSR count). The molecule has 71 valence electrons. The third-order valence-corrected chi connectivity index (χ3v) is 1.53. The van der Waals surface area contributed by atoms with Crippen LogP contribution < -0.4 is 0 Å². The van der Waals surface area contributed by atoms with Gasteiger partial charge in [0, 0.05) is 13.1 Å². The Morgan fingerprint density at radius 3 is 1.75 bits per heavy atom. The molecule has 0 aromatic carbocycles. The Hall–Kier alpha value is -0.370. The largest absolute Gasteiger partial charge is 0.295 e. The van der Waals surface area contributed by atoms with Crippen LogP contribution in [0.3, 0.4) is 0 Å². The molecule has 0 unspecified atom stereocenters. The van der Waals surface area contributed by atoms with E-state index in [1.165, 1.54) is 0 Å². The van der Waals surface area contributed by atoms with Crippen molar-refractivity contribution >= 4 is 6.29 Å². The van der Waals surface area contributed by atoms with E-state index in [-0.39, 0.29) is 0 Å². The van der Waals surface area contributed by atoms with Gasteiger partial charge in [-0.2, -0.15) is 0 Å². The second-order valence-electron chi connectivity index (χ2n) is 4.13. The lowest BCUT2D eigenvalue weighted by molar-refractivity contribution is 0.245. The van der Waals surface area contributed by atoms with Crippen molar-refractivity contribution in [3.8, 4) is 0 Å². The van der Waals surface area contributed by atoms with E-state index < -0.39 is 0 Å². The number of rotatable bonds is 6. The summed E-state index contributed by atoms with van der Waals surface area (Å²) in [7, 11) is 0. The summed E-state index contributed by atoms with van der Waals surface area (Å²) in [5.74, 6) is 1.24. The van der Waals surface area contributed by atoms with Crippen LogP contribution in [0, 0.1) is 11.8 Å². The highest BCUT2D eigenvalue weighted by Gasteiger charge is 2.08. The second-order valence-corrected chi connectivity index (χ2v) is 4.13. The van der Waals surface area contributed by atoms with E-state index in [2.05, 4.69) is 32.6 Å². The summed E-state index contributed by atoms with van der Waals surface area (Å²) in [6.45, 7) is 11.1. The summed E-state index contributed by atoms with van der Waals surface area (Å²) >= 11 is 0. The first-order chi connectivity index (χ1) is 5.56. The molecule has 2 nitrogen and oxygen atoms in total. The van der Waals surface area contributed by atoms with Gasteiger partial charge in [0.05, 0.1) is 6.54 Å². The van der Waals surface area contributed by atoms with Crippen LogP contribution in [-0.2, 0) is 4.79 Å². The monoisotopic (exact) mass is 170 g/mol. The van der Waals surface area contributed by atoms with Crippen LogP contribution in [-0.4, -0.2) is 30.8 Å². The molecule has 0 aliphatic heterocycles. The molecule has 2 heteroatoms. The minimum atomic E-state index is 0.455. The summed E-state index contributed by atoms with van der Waals surface area (Å²) < 4.78 is 0. The molecule has 0 aromatic heterocycles. The Morgan fingerprint density at radius 1 is 1.08 bits per heavy atom. The van der Waals surface area contributed by atoms with Crippen LogP contribution in [0.2, 0.25) is 0 Å². The average Bonchev–Trinajstić information content (AvgIpc) is 1.84. The van der Waals surface area contributed by atoms with Gasteiger partial charge < -0.3 is 0 Å². The molecule has 0 bridgehead atoms. The first-order valence-corrected chi connectivity index (χ1v) is 4.63. The smallest absolute Gasteiger partial charge is 0.213 e. The second kappa shape index (κ2) is 6.18. The van der Waals surface area contributed by atoms with Crippen LogP contribution in [0.15, 0.2) is 0 Å². The van der Waals surface area contributed by atoms with Gasteiger partial charge >= 0.3 is 0 Å². The van der Waals surface area contributed by atoms with Gasteiger partial charge in [0.15, 0.2) is 0 Å². The fraction of sp³-hybridized carbons (Fsp3) is 0.900. The zero-order valence-corrected chi connectivity index (χ0v) is 8.63. The third-order valence-electron chi connectivity index (χ3n) is 1.53. The van der Waals surface area contributed by atoms with Crippen molar-refractivity contribution in [2.75, 3.05) is 19.6 Å². The van der Waals surface area contributed by atoms with Gasteiger partial charge in [-0.15, -0.1) is 0 Å². The normalized spacial score (nSPS) is 11.6. The van der Waals surface area contributed by atoms with Crippen LogP contribution in [0.1, 0.15) is 27.7 Å². The van der Waals surface area contributed by atoms with Gasteiger partial charge in [-0.3, -0.25) is 9.69 Å². The van der Waals surface area contributed by atoms with Gasteiger partial charge in [-0.05, 0) is 11.8 Å². The van der Waals surface area contributed by atoms with Crippen molar-refractivity contribution in [2.24, 2.45) is 11.8 Å². The van der Waals surface area contributed by atoms with E-state index in [4.69, 9.17) is 0 Å². The van der Waals surface area contributed by atoms with E-state index in [9.17, 15) is 4.79 Å². The maximum absolute atomic E-state index is 10.2.